The normalized spacial score (nSPS) is 12.6. The fraction of sp³-hybridized carbons (Fsp3) is 0.172. The fourth-order valence-electron chi connectivity index (χ4n) is 4.44. The summed E-state index contributed by atoms with van der Waals surface area (Å²) in [5.41, 5.74) is 2.96. The third-order valence-corrected chi connectivity index (χ3v) is 6.09. The van der Waals surface area contributed by atoms with Gasteiger partial charge in [0, 0.05) is 29.3 Å². The van der Waals surface area contributed by atoms with E-state index in [1.807, 2.05) is 55.5 Å². The van der Waals surface area contributed by atoms with E-state index < -0.39 is 12.1 Å². The van der Waals surface area contributed by atoms with Crippen LogP contribution in [0.4, 0.5) is 0 Å². The molecule has 5 aromatic rings. The van der Waals surface area contributed by atoms with Gasteiger partial charge < -0.3 is 10.4 Å². The molecule has 2 atom stereocenters. The summed E-state index contributed by atoms with van der Waals surface area (Å²) >= 11 is 0. The second kappa shape index (κ2) is 9.72. The summed E-state index contributed by atoms with van der Waals surface area (Å²) in [6.45, 7) is 5.17. The van der Waals surface area contributed by atoms with Crippen molar-refractivity contribution in [3.63, 3.8) is 0 Å². The van der Waals surface area contributed by atoms with Gasteiger partial charge in [0.25, 0.3) is 11.5 Å². The molecule has 0 unspecified atom stereocenters. The maximum atomic E-state index is 14.0. The first-order valence-corrected chi connectivity index (χ1v) is 11.9. The van der Waals surface area contributed by atoms with Crippen molar-refractivity contribution in [2.75, 3.05) is 0 Å². The van der Waals surface area contributed by atoms with Gasteiger partial charge in [0.2, 0.25) is 0 Å². The van der Waals surface area contributed by atoms with Crippen LogP contribution >= 0.6 is 0 Å². The van der Waals surface area contributed by atoms with E-state index in [1.54, 1.807) is 47.5 Å². The number of hydrogen-bond acceptors (Lipinski definition) is 5. The summed E-state index contributed by atoms with van der Waals surface area (Å²) in [7, 11) is 0. The van der Waals surface area contributed by atoms with Gasteiger partial charge in [0.05, 0.1) is 17.1 Å². The topological polar surface area (TPSA) is 102 Å². The molecular weight excluding hydrogens is 466 g/mol. The third-order valence-electron chi connectivity index (χ3n) is 6.09. The summed E-state index contributed by atoms with van der Waals surface area (Å²) in [6, 6.07) is 17.8. The number of fused-ring (bicyclic) bond motifs is 2. The van der Waals surface area contributed by atoms with Crippen molar-refractivity contribution in [3.8, 4) is 17.5 Å². The average molecular weight is 492 g/mol. The number of nitrogens with one attached hydrogen (secondary N) is 1. The van der Waals surface area contributed by atoms with Crippen LogP contribution in [0.2, 0.25) is 0 Å². The molecule has 8 nitrogen and oxygen atoms in total. The van der Waals surface area contributed by atoms with Crippen LogP contribution in [0.1, 0.15) is 47.2 Å². The van der Waals surface area contributed by atoms with Crippen molar-refractivity contribution < 1.29 is 9.90 Å². The summed E-state index contributed by atoms with van der Waals surface area (Å²) in [4.78, 5) is 31.7. The molecule has 3 heterocycles. The van der Waals surface area contributed by atoms with E-state index in [4.69, 9.17) is 0 Å². The maximum Gasteiger partial charge on any atom is 0.264 e. The number of hydrogen-bond donors (Lipinski definition) is 2. The highest BCUT2D eigenvalue weighted by Crippen LogP contribution is 2.24. The van der Waals surface area contributed by atoms with Crippen molar-refractivity contribution in [1.29, 1.82) is 0 Å². The standard InChI is InChI=1S/C29H25N5O3/c1-18(35)13-14-21-9-7-10-22-17-24(34(29(37)26(21)22)23-11-5-4-6-12-23)19(2)31-28(36)25-20(3)32-33-16-8-15-30-27(25)33/h4-12,15-19,35H,1-3H3,(H,31,36)/t18-,19+/m1/s1. The van der Waals surface area contributed by atoms with Crippen LogP contribution in [0.5, 0.6) is 0 Å². The Morgan fingerprint density at radius 1 is 1.08 bits per heavy atom. The van der Waals surface area contributed by atoms with Crippen LogP contribution in [-0.2, 0) is 0 Å². The number of amides is 1. The molecule has 2 aromatic carbocycles. The number of para-hydroxylation sites is 1. The molecule has 1 amide bonds. The average Bonchev–Trinajstić information content (AvgIpc) is 3.23. The summed E-state index contributed by atoms with van der Waals surface area (Å²) in [5, 5.41) is 18.2. The molecule has 2 N–H and O–H groups in total. The number of benzene rings is 2. The summed E-state index contributed by atoms with van der Waals surface area (Å²) in [6.07, 6.45) is 2.54. The predicted molar refractivity (Wildman–Crippen MR) is 142 cm³/mol. The van der Waals surface area contributed by atoms with Crippen LogP contribution < -0.4 is 10.9 Å². The first-order chi connectivity index (χ1) is 17.8. The smallest absolute Gasteiger partial charge is 0.264 e. The maximum absolute atomic E-state index is 14.0. The highest BCUT2D eigenvalue weighted by atomic mass is 16.3. The van der Waals surface area contributed by atoms with E-state index in [1.165, 1.54) is 0 Å². The Morgan fingerprint density at radius 2 is 1.86 bits per heavy atom. The number of carbonyl (C=O) groups is 1. The Morgan fingerprint density at radius 3 is 2.62 bits per heavy atom. The second-order valence-electron chi connectivity index (χ2n) is 8.80. The second-order valence-corrected chi connectivity index (χ2v) is 8.80. The lowest BCUT2D eigenvalue weighted by atomic mass is 10.0. The van der Waals surface area contributed by atoms with Crippen molar-refractivity contribution in [2.24, 2.45) is 0 Å². The van der Waals surface area contributed by atoms with Crippen LogP contribution in [-0.4, -0.2) is 36.3 Å². The number of carbonyl (C=O) groups excluding carboxylic acids is 1. The van der Waals surface area contributed by atoms with Crippen LogP contribution in [0.15, 0.2) is 77.9 Å². The van der Waals surface area contributed by atoms with E-state index in [2.05, 4.69) is 27.2 Å². The van der Waals surface area contributed by atoms with Crippen molar-refractivity contribution in [3.05, 3.63) is 106 Å². The highest BCUT2D eigenvalue weighted by Gasteiger charge is 2.23. The molecule has 0 spiro atoms. The Bertz CT molecular complexity index is 1760. The van der Waals surface area contributed by atoms with E-state index in [0.29, 0.717) is 44.6 Å². The minimum Gasteiger partial charge on any atom is -0.381 e. The largest absolute Gasteiger partial charge is 0.381 e. The number of aliphatic hydroxyl groups is 1. The van der Waals surface area contributed by atoms with E-state index in [9.17, 15) is 14.7 Å². The van der Waals surface area contributed by atoms with Crippen molar-refractivity contribution in [2.45, 2.75) is 32.9 Å². The number of rotatable bonds is 4. The molecule has 0 aliphatic rings. The molecule has 8 heteroatoms. The molecule has 0 fully saturated rings. The van der Waals surface area contributed by atoms with Gasteiger partial charge >= 0.3 is 0 Å². The molecule has 37 heavy (non-hydrogen) atoms. The zero-order valence-electron chi connectivity index (χ0n) is 20.6. The number of aromatic nitrogens is 4. The van der Waals surface area contributed by atoms with Crippen LogP contribution in [0.3, 0.4) is 0 Å². The zero-order valence-corrected chi connectivity index (χ0v) is 20.6. The predicted octanol–water partition coefficient (Wildman–Crippen LogP) is 3.57. The SMILES string of the molecule is Cc1nn2cccnc2c1C(=O)N[C@@H](C)c1cc2cccc(C#C[C@@H](C)O)c2c(=O)n1-c1ccccc1. The Hall–Kier alpha value is -4.74. The summed E-state index contributed by atoms with van der Waals surface area (Å²) < 4.78 is 3.17. The number of nitrogens with zero attached hydrogens (tertiary/aromatic N) is 4. The van der Waals surface area contributed by atoms with Gasteiger partial charge in [-0.3, -0.25) is 14.2 Å². The van der Waals surface area contributed by atoms with Crippen molar-refractivity contribution in [1.82, 2.24) is 24.5 Å². The van der Waals surface area contributed by atoms with Gasteiger partial charge in [-0.1, -0.05) is 42.2 Å². The Balaban J connectivity index is 1.66. The zero-order chi connectivity index (χ0) is 26.1. The van der Waals surface area contributed by atoms with E-state index in [-0.39, 0.29) is 11.5 Å². The first-order valence-electron chi connectivity index (χ1n) is 11.9. The van der Waals surface area contributed by atoms with E-state index in [0.717, 1.165) is 0 Å². The lowest BCUT2D eigenvalue weighted by molar-refractivity contribution is 0.0939. The monoisotopic (exact) mass is 491 g/mol. The molecule has 0 saturated carbocycles. The molecular formula is C29H25N5O3. The van der Waals surface area contributed by atoms with Gasteiger partial charge in [-0.25, -0.2) is 9.50 Å². The minimum atomic E-state index is -0.820. The summed E-state index contributed by atoms with van der Waals surface area (Å²) in [5.74, 6) is 5.32. The highest BCUT2D eigenvalue weighted by molar-refractivity contribution is 6.01. The molecule has 0 bridgehead atoms. The molecule has 0 aliphatic carbocycles. The molecule has 3 aromatic heterocycles. The van der Waals surface area contributed by atoms with Crippen LogP contribution in [0, 0.1) is 18.8 Å². The molecule has 0 radical (unpaired) electrons. The number of aryl methyl sites for hydroxylation is 1. The van der Waals surface area contributed by atoms with Gasteiger partial charge in [0.1, 0.15) is 11.7 Å². The van der Waals surface area contributed by atoms with Crippen LogP contribution in [0.25, 0.3) is 22.1 Å². The lowest BCUT2D eigenvalue weighted by Crippen LogP contribution is -2.32. The molecule has 0 saturated heterocycles. The molecule has 0 aliphatic heterocycles. The Kier molecular flexibility index (Phi) is 6.30. The first kappa shape index (κ1) is 24.0. The van der Waals surface area contributed by atoms with Gasteiger partial charge in [0.15, 0.2) is 5.65 Å². The van der Waals surface area contributed by atoms with Gasteiger partial charge in [-0.05, 0) is 56.5 Å². The quantitative estimate of drug-likeness (QED) is 0.375. The number of aliphatic hydroxyl groups excluding tert-OH is 1. The Labute approximate surface area is 213 Å². The molecule has 5 rings (SSSR count). The van der Waals surface area contributed by atoms with Gasteiger partial charge in [-0.15, -0.1) is 0 Å². The van der Waals surface area contributed by atoms with Gasteiger partial charge in [-0.2, -0.15) is 5.10 Å². The fourth-order valence-corrected chi connectivity index (χ4v) is 4.44. The number of pyridine rings is 1. The third kappa shape index (κ3) is 4.48. The molecule has 184 valence electrons. The van der Waals surface area contributed by atoms with Crippen molar-refractivity contribution >= 4 is 22.3 Å². The minimum absolute atomic E-state index is 0.260. The lowest BCUT2D eigenvalue weighted by Gasteiger charge is -2.21. The van der Waals surface area contributed by atoms with E-state index >= 15 is 0 Å².